The molecule has 3 aliphatic rings. The summed E-state index contributed by atoms with van der Waals surface area (Å²) in [4.78, 5) is 0. The molecule has 3 saturated carbocycles. The largest absolute Gasteiger partial charge is 1.00 e. The van der Waals surface area contributed by atoms with Gasteiger partial charge in [0.1, 0.15) is 0 Å². The minimum absolute atomic E-state index is 0. The fraction of sp³-hybridized carbons (Fsp3) is 1.00. The van der Waals surface area contributed by atoms with E-state index in [1.165, 1.54) is 0 Å². The van der Waals surface area contributed by atoms with Crippen LogP contribution in [0.4, 0.5) is 12.9 Å². The Labute approximate surface area is 126 Å². The van der Waals surface area contributed by atoms with Gasteiger partial charge in [-0.15, -0.1) is 0 Å². The minimum Gasteiger partial charge on any atom is -0.449 e. The molecular formula is C9H15BF3K. The number of rotatable bonds is 3. The zero-order valence-electron chi connectivity index (χ0n) is 9.12. The van der Waals surface area contributed by atoms with Crippen LogP contribution < -0.4 is 51.4 Å². The summed E-state index contributed by atoms with van der Waals surface area (Å²) >= 11 is 0. The van der Waals surface area contributed by atoms with Gasteiger partial charge in [0.05, 0.1) is 0 Å². The van der Waals surface area contributed by atoms with Gasteiger partial charge in [0, 0.05) is 0 Å². The molecule has 0 unspecified atom stereocenters. The second-order valence-electron chi connectivity index (χ2n) is 5.57. The zero-order chi connectivity index (χ0) is 9.91. The molecule has 0 N–H and O–H groups in total. The normalized spacial score (nSPS) is 39.9. The number of halogens is 3. The summed E-state index contributed by atoms with van der Waals surface area (Å²) in [5.74, 6) is 0.541. The molecule has 0 spiro atoms. The van der Waals surface area contributed by atoms with Crippen molar-refractivity contribution in [3.05, 3.63) is 0 Å². The van der Waals surface area contributed by atoms with Crippen LogP contribution in [0.15, 0.2) is 0 Å². The predicted molar refractivity (Wildman–Crippen MR) is 47.5 cm³/mol. The summed E-state index contributed by atoms with van der Waals surface area (Å²) in [7, 11) is 0. The maximum Gasteiger partial charge on any atom is 1.00 e. The van der Waals surface area contributed by atoms with Crippen molar-refractivity contribution in [1.82, 2.24) is 0 Å². The molecule has 0 aromatic rings. The van der Waals surface area contributed by atoms with E-state index in [0.29, 0.717) is 25.2 Å². The molecule has 14 heavy (non-hydrogen) atoms. The van der Waals surface area contributed by atoms with Crippen molar-refractivity contribution in [2.45, 2.75) is 44.8 Å². The van der Waals surface area contributed by atoms with Gasteiger partial charge >= 0.3 is 58.4 Å². The molecule has 76 valence electrons. The minimum atomic E-state index is -4.56. The maximum absolute atomic E-state index is 12.5. The monoisotopic (exact) mass is 230 g/mol. The Morgan fingerprint density at radius 3 is 1.86 bits per heavy atom. The molecule has 3 fully saturated rings. The second-order valence-corrected chi connectivity index (χ2v) is 5.57. The Bertz CT molecular complexity index is 217. The first-order valence-electron chi connectivity index (χ1n) is 4.98. The van der Waals surface area contributed by atoms with Crippen molar-refractivity contribution in [3.8, 4) is 0 Å². The van der Waals surface area contributed by atoms with Gasteiger partial charge in [-0.25, -0.2) is 0 Å². The Hall–Kier alpha value is 1.49. The summed E-state index contributed by atoms with van der Waals surface area (Å²) in [6, 6.07) is 0. The summed E-state index contributed by atoms with van der Waals surface area (Å²) < 4.78 is 37.5. The van der Waals surface area contributed by atoms with E-state index in [1.807, 2.05) is 0 Å². The molecule has 0 saturated heterocycles. The van der Waals surface area contributed by atoms with Gasteiger partial charge in [0.15, 0.2) is 0 Å². The van der Waals surface area contributed by atoms with Gasteiger partial charge in [0.2, 0.25) is 0 Å². The van der Waals surface area contributed by atoms with Crippen molar-refractivity contribution in [1.29, 1.82) is 0 Å². The van der Waals surface area contributed by atoms with Gasteiger partial charge in [0.25, 0.3) is 0 Å². The Balaban J connectivity index is 0.000000980. The van der Waals surface area contributed by atoms with E-state index in [2.05, 4.69) is 13.8 Å². The van der Waals surface area contributed by atoms with E-state index in [0.717, 1.165) is 6.42 Å². The molecule has 5 heteroatoms. The SMILES string of the molecule is CC(C)CC12CC([B-](F)(F)F)(C1)C2.[K+]. The summed E-state index contributed by atoms with van der Waals surface area (Å²) in [6.07, 6.45) is 2.28. The van der Waals surface area contributed by atoms with Crippen LogP contribution in [-0.2, 0) is 0 Å². The molecule has 0 amide bonds. The van der Waals surface area contributed by atoms with Crippen molar-refractivity contribution >= 4 is 6.98 Å². The van der Waals surface area contributed by atoms with Crippen LogP contribution >= 0.6 is 0 Å². The van der Waals surface area contributed by atoms with E-state index in [1.54, 1.807) is 0 Å². The molecule has 2 bridgehead atoms. The van der Waals surface area contributed by atoms with Crippen LogP contribution in [0.5, 0.6) is 0 Å². The Kier molecular flexibility index (Phi) is 3.64. The van der Waals surface area contributed by atoms with Gasteiger partial charge < -0.3 is 12.9 Å². The second kappa shape index (κ2) is 3.76. The van der Waals surface area contributed by atoms with Crippen LogP contribution in [-0.4, -0.2) is 6.98 Å². The maximum atomic E-state index is 12.5. The predicted octanol–water partition coefficient (Wildman–Crippen LogP) is 0.808. The zero-order valence-corrected chi connectivity index (χ0v) is 12.2. The third-order valence-corrected chi connectivity index (χ3v) is 3.72. The third kappa shape index (κ3) is 1.88. The molecule has 0 atom stereocenters. The van der Waals surface area contributed by atoms with Crippen molar-refractivity contribution < 1.29 is 64.3 Å². The molecule has 0 nitrogen and oxygen atoms in total. The summed E-state index contributed by atoms with van der Waals surface area (Å²) in [5, 5.41) is -1.19. The van der Waals surface area contributed by atoms with Crippen molar-refractivity contribution in [2.75, 3.05) is 0 Å². The molecule has 3 aliphatic carbocycles. The quantitative estimate of drug-likeness (QED) is 0.629. The van der Waals surface area contributed by atoms with Crippen molar-refractivity contribution in [2.24, 2.45) is 11.3 Å². The van der Waals surface area contributed by atoms with E-state index < -0.39 is 12.3 Å². The molecular weight excluding hydrogens is 215 g/mol. The average Bonchev–Trinajstić information content (AvgIpc) is 1.70. The topological polar surface area (TPSA) is 0 Å². The molecule has 0 aromatic carbocycles. The average molecular weight is 230 g/mol. The fourth-order valence-electron chi connectivity index (χ4n) is 3.51. The Morgan fingerprint density at radius 1 is 1.14 bits per heavy atom. The van der Waals surface area contributed by atoms with Crippen LogP contribution in [0, 0.1) is 11.3 Å². The summed E-state index contributed by atoms with van der Waals surface area (Å²) in [6.45, 7) is -0.387. The standard InChI is InChI=1S/C9H15BF3.K/c1-7(2)3-8-4-9(5-8,6-8)10(11,12)13;/h7H,3-6H2,1-2H3;/q-1;+1. The van der Waals surface area contributed by atoms with Gasteiger partial charge in [-0.1, -0.05) is 38.4 Å². The van der Waals surface area contributed by atoms with Crippen LogP contribution in [0.3, 0.4) is 0 Å². The van der Waals surface area contributed by atoms with Crippen LogP contribution in [0.25, 0.3) is 0 Å². The fourth-order valence-corrected chi connectivity index (χ4v) is 3.51. The third-order valence-electron chi connectivity index (χ3n) is 3.72. The van der Waals surface area contributed by atoms with E-state index in [-0.39, 0.29) is 56.8 Å². The molecule has 0 heterocycles. The van der Waals surface area contributed by atoms with E-state index >= 15 is 0 Å². The van der Waals surface area contributed by atoms with Crippen molar-refractivity contribution in [3.63, 3.8) is 0 Å². The molecule has 0 aromatic heterocycles. The smallest absolute Gasteiger partial charge is 0.449 e. The van der Waals surface area contributed by atoms with Crippen LogP contribution in [0.2, 0.25) is 5.31 Å². The first kappa shape index (κ1) is 13.6. The van der Waals surface area contributed by atoms with E-state index in [9.17, 15) is 12.9 Å². The number of hydrogen-bond acceptors (Lipinski definition) is 0. The van der Waals surface area contributed by atoms with Gasteiger partial charge in [-0.3, -0.25) is 0 Å². The van der Waals surface area contributed by atoms with Crippen LogP contribution in [0.1, 0.15) is 39.5 Å². The van der Waals surface area contributed by atoms with Gasteiger partial charge in [-0.05, 0) is 17.8 Å². The Morgan fingerprint density at radius 2 is 1.57 bits per heavy atom. The van der Waals surface area contributed by atoms with Gasteiger partial charge in [-0.2, -0.15) is 0 Å². The first-order chi connectivity index (χ1) is 5.79. The van der Waals surface area contributed by atoms with E-state index in [4.69, 9.17) is 0 Å². The molecule has 3 rings (SSSR count). The molecule has 0 aliphatic heterocycles. The number of hydrogen-bond donors (Lipinski definition) is 0. The first-order valence-corrected chi connectivity index (χ1v) is 4.98. The summed E-state index contributed by atoms with van der Waals surface area (Å²) in [5.41, 5.74) is 0.103. The molecule has 0 radical (unpaired) electrons.